The van der Waals surface area contributed by atoms with Crippen molar-refractivity contribution < 1.29 is 31.5 Å². The third-order valence-corrected chi connectivity index (χ3v) is 3.47. The molecule has 0 unspecified atom stereocenters. The molecule has 4 nitrogen and oxygen atoms in total. The van der Waals surface area contributed by atoms with E-state index in [2.05, 4.69) is 5.32 Å². The summed E-state index contributed by atoms with van der Waals surface area (Å²) >= 11 is 0. The van der Waals surface area contributed by atoms with Crippen LogP contribution in [-0.4, -0.2) is 12.6 Å². The van der Waals surface area contributed by atoms with Crippen molar-refractivity contribution in [2.45, 2.75) is 20.1 Å². The van der Waals surface area contributed by atoms with Crippen molar-refractivity contribution >= 4 is 11.7 Å². The van der Waals surface area contributed by atoms with Crippen molar-refractivity contribution in [2.75, 3.05) is 11.9 Å². The molecule has 0 bridgehead atoms. The molecular weight excluding hydrogens is 359 g/mol. The largest absolute Gasteiger partial charge is 0.377 e. The Morgan fingerprint density at radius 1 is 0.923 bits per heavy atom. The molecule has 0 aliphatic carbocycles. The number of anilines is 1. The number of hydrogen-bond donors (Lipinski definition) is 2. The maximum atomic E-state index is 13.5. The first-order valence-corrected chi connectivity index (χ1v) is 7.57. The molecule has 2 N–H and O–H groups in total. The fourth-order valence-corrected chi connectivity index (χ4v) is 2.13. The zero-order valence-electron chi connectivity index (χ0n) is 13.6. The van der Waals surface area contributed by atoms with Gasteiger partial charge in [0.05, 0.1) is 6.61 Å². The highest BCUT2D eigenvalue weighted by Crippen LogP contribution is 2.27. The second-order valence-corrected chi connectivity index (χ2v) is 5.16. The predicted octanol–water partition coefficient (Wildman–Crippen LogP) is 4.24. The van der Waals surface area contributed by atoms with Gasteiger partial charge in [0.15, 0.2) is 23.3 Å². The number of benzene rings is 2. The summed E-state index contributed by atoms with van der Waals surface area (Å²) < 4.78 is 71.6. The van der Waals surface area contributed by atoms with E-state index < -0.39 is 40.8 Å². The summed E-state index contributed by atoms with van der Waals surface area (Å²) in [5.74, 6) is -10.8. The molecular formula is C17H15F5N2O2. The number of urea groups is 1. The van der Waals surface area contributed by atoms with Crippen LogP contribution in [0.5, 0.6) is 0 Å². The molecule has 0 radical (unpaired) electrons. The maximum Gasteiger partial charge on any atom is 0.319 e. The highest BCUT2D eigenvalue weighted by molar-refractivity contribution is 5.89. The molecule has 0 saturated heterocycles. The molecule has 0 fully saturated rings. The lowest BCUT2D eigenvalue weighted by Crippen LogP contribution is -2.30. The van der Waals surface area contributed by atoms with Crippen molar-refractivity contribution in [1.29, 1.82) is 0 Å². The van der Waals surface area contributed by atoms with Gasteiger partial charge in [0.2, 0.25) is 5.82 Å². The van der Waals surface area contributed by atoms with E-state index in [0.717, 1.165) is 5.56 Å². The van der Waals surface area contributed by atoms with Crippen LogP contribution in [0.4, 0.5) is 32.4 Å². The van der Waals surface area contributed by atoms with Gasteiger partial charge in [0.25, 0.3) is 0 Å². The van der Waals surface area contributed by atoms with Gasteiger partial charge in [-0.05, 0) is 18.1 Å². The maximum absolute atomic E-state index is 13.5. The summed E-state index contributed by atoms with van der Waals surface area (Å²) in [4.78, 5) is 11.8. The van der Waals surface area contributed by atoms with Crippen LogP contribution in [-0.2, 0) is 17.9 Å². The fourth-order valence-electron chi connectivity index (χ4n) is 2.13. The summed E-state index contributed by atoms with van der Waals surface area (Å²) in [6.45, 7) is 2.57. The molecule has 9 heteroatoms. The molecule has 0 aromatic heterocycles. The van der Waals surface area contributed by atoms with Crippen LogP contribution in [0.3, 0.4) is 0 Å². The Hall–Kier alpha value is -2.68. The minimum Gasteiger partial charge on any atom is -0.377 e. The summed E-state index contributed by atoms with van der Waals surface area (Å²) in [7, 11) is 0. The van der Waals surface area contributed by atoms with Crippen LogP contribution >= 0.6 is 0 Å². The van der Waals surface area contributed by atoms with Gasteiger partial charge in [-0.2, -0.15) is 0 Å². The van der Waals surface area contributed by atoms with Gasteiger partial charge in [0.1, 0.15) is 5.69 Å². The van der Waals surface area contributed by atoms with E-state index in [4.69, 9.17) is 4.74 Å². The molecule has 2 rings (SSSR count). The number of halogens is 5. The fraction of sp³-hybridized carbons (Fsp3) is 0.235. The Morgan fingerprint density at radius 3 is 2.04 bits per heavy atom. The van der Waals surface area contributed by atoms with Crippen molar-refractivity contribution in [3.05, 3.63) is 64.5 Å². The molecule has 0 aliphatic heterocycles. The summed E-state index contributed by atoms with van der Waals surface area (Å²) in [5, 5.41) is 3.94. The Morgan fingerprint density at radius 2 is 1.46 bits per heavy atom. The van der Waals surface area contributed by atoms with Gasteiger partial charge in [0, 0.05) is 13.2 Å². The van der Waals surface area contributed by atoms with Crippen LogP contribution in [0, 0.1) is 29.1 Å². The van der Waals surface area contributed by atoms with Crippen molar-refractivity contribution in [2.24, 2.45) is 0 Å². The van der Waals surface area contributed by atoms with Crippen molar-refractivity contribution in [1.82, 2.24) is 5.32 Å². The van der Waals surface area contributed by atoms with Crippen LogP contribution in [0.15, 0.2) is 24.3 Å². The van der Waals surface area contributed by atoms with Crippen LogP contribution in [0.2, 0.25) is 0 Å². The van der Waals surface area contributed by atoms with E-state index in [1.54, 1.807) is 29.6 Å². The lowest BCUT2D eigenvalue weighted by Gasteiger charge is -2.13. The van der Waals surface area contributed by atoms with Crippen LogP contribution < -0.4 is 10.6 Å². The van der Waals surface area contributed by atoms with Gasteiger partial charge in [-0.3, -0.25) is 0 Å². The van der Waals surface area contributed by atoms with Crippen LogP contribution in [0.25, 0.3) is 0 Å². The van der Waals surface area contributed by atoms with Gasteiger partial charge < -0.3 is 15.4 Å². The first-order valence-electron chi connectivity index (χ1n) is 7.57. The summed E-state index contributed by atoms with van der Waals surface area (Å²) in [6, 6.07) is 5.84. The number of ether oxygens (including phenoxy) is 1. The van der Waals surface area contributed by atoms with E-state index in [-0.39, 0.29) is 6.54 Å². The molecule has 0 heterocycles. The van der Waals surface area contributed by atoms with Crippen LogP contribution in [0.1, 0.15) is 18.1 Å². The minimum atomic E-state index is -2.30. The summed E-state index contributed by atoms with van der Waals surface area (Å²) in [5.41, 5.74) is 0.0425. The quantitative estimate of drug-likeness (QED) is 0.451. The van der Waals surface area contributed by atoms with E-state index in [0.29, 0.717) is 18.8 Å². The first kappa shape index (κ1) is 19.6. The average molecular weight is 374 g/mol. The Bertz CT molecular complexity index is 785. The van der Waals surface area contributed by atoms with Crippen molar-refractivity contribution in [3.8, 4) is 0 Å². The zero-order chi connectivity index (χ0) is 19.3. The van der Waals surface area contributed by atoms with Gasteiger partial charge in [-0.15, -0.1) is 0 Å². The van der Waals surface area contributed by atoms with Gasteiger partial charge in [-0.25, -0.2) is 26.7 Å². The predicted molar refractivity (Wildman–Crippen MR) is 83.9 cm³/mol. The zero-order valence-corrected chi connectivity index (χ0v) is 13.6. The van der Waals surface area contributed by atoms with Gasteiger partial charge >= 0.3 is 6.03 Å². The lowest BCUT2D eigenvalue weighted by molar-refractivity contribution is 0.133. The molecule has 0 spiro atoms. The topological polar surface area (TPSA) is 50.4 Å². The molecule has 2 aromatic carbocycles. The number of rotatable bonds is 6. The Labute approximate surface area is 146 Å². The molecule has 0 saturated carbocycles. The number of carbonyl (C=O) groups is 1. The second kappa shape index (κ2) is 8.61. The van der Waals surface area contributed by atoms with E-state index in [1.807, 2.05) is 6.92 Å². The van der Waals surface area contributed by atoms with E-state index in [1.165, 1.54) is 0 Å². The standard InChI is InChI=1S/C17H15F5N2O2/c1-2-26-8-10-6-4-3-5-9(10)7-23-17(25)24-16-14(21)12(19)11(18)13(20)15(16)22/h3-6H,2,7-8H2,1H3,(H2,23,24,25). The number of hydrogen-bond acceptors (Lipinski definition) is 2. The van der Waals surface area contributed by atoms with Crippen molar-refractivity contribution in [3.63, 3.8) is 0 Å². The smallest absolute Gasteiger partial charge is 0.319 e. The van der Waals surface area contributed by atoms with E-state index in [9.17, 15) is 26.7 Å². The van der Waals surface area contributed by atoms with E-state index >= 15 is 0 Å². The second-order valence-electron chi connectivity index (χ2n) is 5.16. The molecule has 2 aromatic rings. The number of nitrogens with one attached hydrogen (secondary N) is 2. The highest BCUT2D eigenvalue weighted by Gasteiger charge is 2.26. The monoisotopic (exact) mass is 374 g/mol. The average Bonchev–Trinajstić information content (AvgIpc) is 2.65. The summed E-state index contributed by atoms with van der Waals surface area (Å²) in [6.07, 6.45) is 0. The first-order chi connectivity index (χ1) is 12.4. The SMILES string of the molecule is CCOCc1ccccc1CNC(=O)Nc1c(F)c(F)c(F)c(F)c1F. The van der Waals surface area contributed by atoms with Gasteiger partial charge in [-0.1, -0.05) is 24.3 Å². The Kier molecular flexibility index (Phi) is 6.51. The third-order valence-electron chi connectivity index (χ3n) is 3.47. The Balaban J connectivity index is 2.09. The molecule has 26 heavy (non-hydrogen) atoms. The highest BCUT2D eigenvalue weighted by atomic mass is 19.2. The number of amides is 2. The third kappa shape index (κ3) is 4.29. The minimum absolute atomic E-state index is 0.0372. The molecule has 0 atom stereocenters. The normalized spacial score (nSPS) is 10.7. The molecule has 0 aliphatic rings. The molecule has 140 valence electrons. The molecule has 2 amide bonds. The lowest BCUT2D eigenvalue weighted by atomic mass is 10.1. The number of carbonyl (C=O) groups excluding carboxylic acids is 1.